The Kier molecular flexibility index (Phi) is 2.84. The number of hydrogen-bond donors (Lipinski definition) is 0. The van der Waals surface area contributed by atoms with Crippen molar-refractivity contribution in [3.63, 3.8) is 0 Å². The van der Waals surface area contributed by atoms with Gasteiger partial charge in [-0.15, -0.1) is 0 Å². The lowest BCUT2D eigenvalue weighted by Gasteiger charge is -2.57. The van der Waals surface area contributed by atoms with E-state index in [0.29, 0.717) is 13.1 Å². The largest absolute Gasteiger partial charge is 0.474 e. The first-order valence-electron chi connectivity index (χ1n) is 6.16. The van der Waals surface area contributed by atoms with Gasteiger partial charge in [0.2, 0.25) is 18.1 Å². The van der Waals surface area contributed by atoms with E-state index < -0.39 is 12.0 Å². The lowest BCUT2D eigenvalue weighted by molar-refractivity contribution is -0.149. The average Bonchev–Trinajstić information content (AvgIpc) is 2.30. The van der Waals surface area contributed by atoms with Crippen LogP contribution in [0.2, 0.25) is 0 Å². The van der Waals surface area contributed by atoms with E-state index >= 15 is 0 Å². The number of halogens is 3. The maximum atomic E-state index is 12.5. The van der Waals surface area contributed by atoms with Crippen molar-refractivity contribution in [3.05, 3.63) is 18.1 Å². The average molecular weight is 287 g/mol. The minimum absolute atomic E-state index is 0.0567. The fourth-order valence-corrected chi connectivity index (χ4v) is 2.85. The maximum absolute atomic E-state index is 12.5. The summed E-state index contributed by atoms with van der Waals surface area (Å²) >= 11 is 0. The maximum Gasteiger partial charge on any atom is 0.451 e. The second kappa shape index (κ2) is 4.32. The van der Waals surface area contributed by atoms with Crippen molar-refractivity contribution < 1.29 is 22.7 Å². The normalized spacial score (nSPS) is 21.2. The predicted octanol–water partition coefficient (Wildman–Crippen LogP) is 1.50. The highest BCUT2D eigenvalue weighted by Crippen LogP contribution is 2.49. The van der Waals surface area contributed by atoms with Gasteiger partial charge in [0.05, 0.1) is 0 Å². The highest BCUT2D eigenvalue weighted by Gasteiger charge is 2.53. The molecule has 5 nitrogen and oxygen atoms in total. The van der Waals surface area contributed by atoms with Gasteiger partial charge in [0.25, 0.3) is 0 Å². The molecule has 0 aromatic carbocycles. The first-order valence-corrected chi connectivity index (χ1v) is 6.16. The molecule has 1 saturated heterocycles. The van der Waals surface area contributed by atoms with Gasteiger partial charge in [-0.2, -0.15) is 18.2 Å². The molecule has 0 radical (unpaired) electrons. The first-order chi connectivity index (χ1) is 9.40. The molecule has 2 aliphatic rings. The number of alkyl halides is 3. The number of amides is 1. The number of ether oxygens (including phenoxy) is 1. The lowest BCUT2D eigenvalue weighted by Crippen LogP contribution is -2.64. The number of nitrogens with zero attached hydrogens (tertiary/aromatic N) is 3. The number of carbonyl (C=O) groups is 1. The second-order valence-corrected chi connectivity index (χ2v) is 5.37. The van der Waals surface area contributed by atoms with Gasteiger partial charge >= 0.3 is 6.18 Å². The van der Waals surface area contributed by atoms with Crippen molar-refractivity contribution in [1.29, 1.82) is 0 Å². The van der Waals surface area contributed by atoms with Crippen LogP contribution in [0.15, 0.2) is 12.3 Å². The zero-order valence-corrected chi connectivity index (χ0v) is 10.4. The van der Waals surface area contributed by atoms with Gasteiger partial charge in [0.15, 0.2) is 0 Å². The van der Waals surface area contributed by atoms with E-state index in [1.54, 1.807) is 4.90 Å². The van der Waals surface area contributed by atoms with Crippen LogP contribution < -0.4 is 4.74 Å². The van der Waals surface area contributed by atoms with Crippen molar-refractivity contribution in [2.45, 2.75) is 25.1 Å². The van der Waals surface area contributed by atoms with Crippen LogP contribution in [0, 0.1) is 5.41 Å². The summed E-state index contributed by atoms with van der Waals surface area (Å²) in [6.45, 7) is 1.40. The van der Waals surface area contributed by atoms with E-state index in [2.05, 4.69) is 9.97 Å². The molecule has 1 amide bonds. The molecule has 1 aromatic rings. The molecule has 3 rings (SSSR count). The number of likely N-dealkylation sites (tertiary alicyclic amines) is 1. The number of carbonyl (C=O) groups excluding carboxylic acids is 1. The monoisotopic (exact) mass is 287 g/mol. The van der Waals surface area contributed by atoms with Crippen LogP contribution in [0.1, 0.15) is 18.7 Å². The Morgan fingerprint density at radius 1 is 1.40 bits per heavy atom. The minimum Gasteiger partial charge on any atom is -0.474 e. The van der Waals surface area contributed by atoms with Crippen molar-refractivity contribution in [2.24, 2.45) is 5.41 Å². The van der Waals surface area contributed by atoms with E-state index in [-0.39, 0.29) is 17.4 Å². The molecule has 1 spiro atoms. The van der Waals surface area contributed by atoms with Crippen LogP contribution in [0.5, 0.6) is 5.88 Å². The summed E-state index contributed by atoms with van der Waals surface area (Å²) < 4.78 is 42.8. The molecule has 0 unspecified atom stereocenters. The number of aromatic nitrogens is 2. The highest BCUT2D eigenvalue weighted by molar-refractivity contribution is 5.49. The zero-order chi connectivity index (χ0) is 14.4. The number of hydrogen-bond acceptors (Lipinski definition) is 4. The molecule has 0 bridgehead atoms. The van der Waals surface area contributed by atoms with Crippen molar-refractivity contribution in [1.82, 2.24) is 14.9 Å². The van der Waals surface area contributed by atoms with Gasteiger partial charge in [-0.05, 0) is 12.8 Å². The topological polar surface area (TPSA) is 55.3 Å². The van der Waals surface area contributed by atoms with E-state index in [1.165, 1.54) is 6.07 Å². The fourth-order valence-electron chi connectivity index (χ4n) is 2.85. The Morgan fingerprint density at radius 2 is 2.10 bits per heavy atom. The molecule has 1 aliphatic carbocycles. The summed E-state index contributed by atoms with van der Waals surface area (Å²) in [5.41, 5.74) is 0.103. The molecule has 2 heterocycles. The van der Waals surface area contributed by atoms with Gasteiger partial charge in [0, 0.05) is 30.8 Å². The van der Waals surface area contributed by atoms with Gasteiger partial charge in [-0.1, -0.05) is 0 Å². The summed E-state index contributed by atoms with van der Waals surface area (Å²) in [5, 5.41) is 0. The van der Waals surface area contributed by atoms with E-state index in [4.69, 9.17) is 4.74 Å². The SMILES string of the molecule is O=CN1CC2(CC(Oc3ccnc(C(F)(F)F)n3)C2)C1. The molecule has 108 valence electrons. The Hall–Kier alpha value is -1.86. The smallest absolute Gasteiger partial charge is 0.451 e. The summed E-state index contributed by atoms with van der Waals surface area (Å²) in [5.74, 6) is -1.25. The van der Waals surface area contributed by atoms with Crippen molar-refractivity contribution in [2.75, 3.05) is 13.1 Å². The third-order valence-corrected chi connectivity index (χ3v) is 3.72. The van der Waals surface area contributed by atoms with Crippen LogP contribution in [0.3, 0.4) is 0 Å². The van der Waals surface area contributed by atoms with E-state index in [9.17, 15) is 18.0 Å². The summed E-state index contributed by atoms with van der Waals surface area (Å²) in [4.78, 5) is 18.7. The summed E-state index contributed by atoms with van der Waals surface area (Å²) in [7, 11) is 0. The first kappa shape index (κ1) is 13.1. The number of rotatable bonds is 3. The molecule has 1 saturated carbocycles. The molecule has 8 heteroatoms. The van der Waals surface area contributed by atoms with Gasteiger partial charge in [-0.3, -0.25) is 4.79 Å². The Balaban J connectivity index is 1.57. The zero-order valence-electron chi connectivity index (χ0n) is 10.4. The van der Waals surface area contributed by atoms with Gasteiger partial charge in [-0.25, -0.2) is 4.98 Å². The third-order valence-electron chi connectivity index (χ3n) is 3.72. The highest BCUT2D eigenvalue weighted by atomic mass is 19.4. The quantitative estimate of drug-likeness (QED) is 0.790. The van der Waals surface area contributed by atoms with E-state index in [0.717, 1.165) is 25.4 Å². The van der Waals surface area contributed by atoms with E-state index in [1.807, 2.05) is 0 Å². The molecular formula is C12H12F3N3O2. The van der Waals surface area contributed by atoms with Crippen LogP contribution in [-0.4, -0.2) is 40.5 Å². The Morgan fingerprint density at radius 3 is 2.70 bits per heavy atom. The van der Waals surface area contributed by atoms with Crippen molar-refractivity contribution in [3.8, 4) is 5.88 Å². The molecule has 0 N–H and O–H groups in total. The predicted molar refractivity (Wildman–Crippen MR) is 60.8 cm³/mol. The molecule has 0 atom stereocenters. The van der Waals surface area contributed by atoms with Crippen LogP contribution in [0.25, 0.3) is 0 Å². The van der Waals surface area contributed by atoms with Crippen LogP contribution in [-0.2, 0) is 11.0 Å². The summed E-state index contributed by atoms with van der Waals surface area (Å²) in [6, 6.07) is 1.32. The Bertz CT molecular complexity index is 521. The lowest BCUT2D eigenvalue weighted by atomic mass is 9.62. The molecule has 1 aromatic heterocycles. The molecule has 20 heavy (non-hydrogen) atoms. The summed E-state index contributed by atoms with van der Waals surface area (Å²) in [6.07, 6.45) is -1.39. The second-order valence-electron chi connectivity index (χ2n) is 5.37. The Labute approximate surface area is 112 Å². The van der Waals surface area contributed by atoms with Crippen LogP contribution >= 0.6 is 0 Å². The molecule has 1 aliphatic heterocycles. The minimum atomic E-state index is -4.57. The third kappa shape index (κ3) is 2.30. The van der Waals surface area contributed by atoms with Gasteiger partial charge in [0.1, 0.15) is 6.10 Å². The fraction of sp³-hybridized carbons (Fsp3) is 0.583. The van der Waals surface area contributed by atoms with Gasteiger partial charge < -0.3 is 9.64 Å². The van der Waals surface area contributed by atoms with Crippen LogP contribution in [0.4, 0.5) is 13.2 Å². The molecular weight excluding hydrogens is 275 g/mol. The molecule has 2 fully saturated rings. The van der Waals surface area contributed by atoms with Crippen molar-refractivity contribution >= 4 is 6.41 Å². The standard InChI is InChI=1S/C12H12F3N3O2/c13-12(14,15)10-16-2-1-9(17-10)20-8-3-11(4-8)5-18(6-11)7-19/h1-2,7-8H,3-6H2.